The molecule has 32 heavy (non-hydrogen) atoms. The van der Waals surface area contributed by atoms with Crippen molar-refractivity contribution in [3.63, 3.8) is 0 Å². The number of carbonyl (C=O) groups is 1. The molecule has 2 aliphatic rings. The molecule has 0 bridgehead atoms. The maximum atomic E-state index is 14.0. The molecule has 4 nitrogen and oxygen atoms in total. The van der Waals surface area contributed by atoms with Gasteiger partial charge in [0, 0.05) is 19.2 Å². The Balaban J connectivity index is 0.000000340. The molecule has 2 amide bonds. The average Bonchev–Trinajstić information content (AvgIpc) is 3.28. The summed E-state index contributed by atoms with van der Waals surface area (Å²) in [5.74, 6) is -1.000. The van der Waals surface area contributed by atoms with Crippen molar-refractivity contribution in [2.24, 2.45) is 0 Å². The fourth-order valence-corrected chi connectivity index (χ4v) is 3.85. The van der Waals surface area contributed by atoms with Gasteiger partial charge in [0.2, 0.25) is 0 Å². The van der Waals surface area contributed by atoms with E-state index >= 15 is 0 Å². The van der Waals surface area contributed by atoms with Crippen molar-refractivity contribution in [2.45, 2.75) is 25.3 Å². The molecule has 174 valence electrons. The van der Waals surface area contributed by atoms with Gasteiger partial charge in [-0.3, -0.25) is 0 Å². The molecule has 1 fully saturated rings. The van der Waals surface area contributed by atoms with E-state index in [0.717, 1.165) is 23.8 Å². The van der Waals surface area contributed by atoms with Gasteiger partial charge in [0.05, 0.1) is 6.04 Å². The third-order valence-corrected chi connectivity index (χ3v) is 5.51. The summed E-state index contributed by atoms with van der Waals surface area (Å²) in [6.07, 6.45) is 6.08. The summed E-state index contributed by atoms with van der Waals surface area (Å²) in [4.78, 5) is 16.1. The molecular formula is C25H34F2N3OP. The normalized spacial score (nSPS) is 18.0. The monoisotopic (exact) mass is 461 g/mol. The molecule has 0 saturated carbocycles. The molecular weight excluding hydrogens is 427 g/mol. The summed E-state index contributed by atoms with van der Waals surface area (Å²) < 4.78 is 27.5. The van der Waals surface area contributed by atoms with Gasteiger partial charge < -0.3 is 15.1 Å². The van der Waals surface area contributed by atoms with Gasteiger partial charge in [-0.05, 0) is 62.3 Å². The standard InChI is InChI=1S/C18H16F2N2O.C6H13N.CH5P/c1-21-18(23)22-11-13(15-10-14(19)7-8-16(15)20)9-17(22)12-5-3-2-4-6-12;1-7-5-3-2-4-6-7;1-2/h2-10,17H,11H2,1H3,(H,21,23);2-6H2,1H3;2H2,1H3/t17-;;/m0../s1. The molecule has 0 aromatic heterocycles. The van der Waals surface area contributed by atoms with E-state index in [4.69, 9.17) is 0 Å². The van der Waals surface area contributed by atoms with Gasteiger partial charge >= 0.3 is 6.03 Å². The van der Waals surface area contributed by atoms with Crippen LogP contribution in [0.4, 0.5) is 13.6 Å². The van der Waals surface area contributed by atoms with Gasteiger partial charge in [0.25, 0.3) is 0 Å². The fraction of sp³-hybridized carbons (Fsp3) is 0.400. The van der Waals surface area contributed by atoms with Crippen molar-refractivity contribution >= 4 is 20.8 Å². The van der Waals surface area contributed by atoms with Crippen LogP contribution in [0.25, 0.3) is 5.57 Å². The average molecular weight is 462 g/mol. The lowest BCUT2D eigenvalue weighted by molar-refractivity contribution is 0.200. The zero-order chi connectivity index (χ0) is 23.5. The van der Waals surface area contributed by atoms with Gasteiger partial charge in [-0.2, -0.15) is 0 Å². The van der Waals surface area contributed by atoms with Crippen LogP contribution in [0, 0.1) is 11.6 Å². The second-order valence-corrected chi connectivity index (χ2v) is 7.72. The Morgan fingerprint density at radius 3 is 2.25 bits per heavy atom. The number of rotatable bonds is 2. The molecule has 0 spiro atoms. The van der Waals surface area contributed by atoms with Crippen molar-refractivity contribution in [1.29, 1.82) is 0 Å². The molecule has 1 unspecified atom stereocenters. The van der Waals surface area contributed by atoms with E-state index in [2.05, 4.69) is 26.5 Å². The summed E-state index contributed by atoms with van der Waals surface area (Å²) in [7, 11) is 6.16. The Bertz CT molecular complexity index is 886. The van der Waals surface area contributed by atoms with Crippen molar-refractivity contribution in [2.75, 3.05) is 40.4 Å². The van der Waals surface area contributed by atoms with Crippen LogP contribution in [0.1, 0.15) is 36.4 Å². The summed E-state index contributed by atoms with van der Waals surface area (Å²) in [6.45, 7) is 4.78. The molecule has 0 radical (unpaired) electrons. The highest BCUT2D eigenvalue weighted by molar-refractivity contribution is 7.15. The topological polar surface area (TPSA) is 35.6 Å². The van der Waals surface area contributed by atoms with Crippen LogP contribution in [0.15, 0.2) is 54.6 Å². The predicted octanol–water partition coefficient (Wildman–Crippen LogP) is 5.34. The second kappa shape index (κ2) is 13.3. The minimum Gasteiger partial charge on any atom is -0.341 e. The summed E-state index contributed by atoms with van der Waals surface area (Å²) in [5.41, 5.74) is 1.71. The maximum Gasteiger partial charge on any atom is 0.318 e. The highest BCUT2D eigenvalue weighted by Crippen LogP contribution is 2.35. The first-order valence-corrected chi connectivity index (χ1v) is 12.1. The van der Waals surface area contributed by atoms with Crippen LogP contribution in [-0.2, 0) is 0 Å². The zero-order valence-electron chi connectivity index (χ0n) is 19.2. The van der Waals surface area contributed by atoms with Gasteiger partial charge in [-0.15, -0.1) is 9.24 Å². The molecule has 0 aliphatic carbocycles. The molecule has 1 N–H and O–H groups in total. The Morgan fingerprint density at radius 2 is 1.69 bits per heavy atom. The van der Waals surface area contributed by atoms with E-state index in [1.54, 1.807) is 11.9 Å². The Kier molecular flexibility index (Phi) is 10.8. The predicted molar refractivity (Wildman–Crippen MR) is 132 cm³/mol. The SMILES string of the molecule is CN1CCCCC1.CNC(=O)N1CC(c2cc(F)ccc2F)=C[C@H]1c1ccccc1.CP. The molecule has 1 saturated heterocycles. The largest absolute Gasteiger partial charge is 0.341 e. The Labute approximate surface area is 192 Å². The van der Waals surface area contributed by atoms with Gasteiger partial charge in [0.15, 0.2) is 0 Å². The highest BCUT2D eigenvalue weighted by Gasteiger charge is 2.31. The molecule has 7 heteroatoms. The first-order chi connectivity index (χ1) is 15.5. The Morgan fingerprint density at radius 1 is 1.03 bits per heavy atom. The van der Waals surface area contributed by atoms with E-state index in [9.17, 15) is 13.6 Å². The van der Waals surface area contributed by atoms with Crippen LogP contribution in [0.5, 0.6) is 0 Å². The van der Waals surface area contributed by atoms with E-state index in [-0.39, 0.29) is 24.2 Å². The third kappa shape index (κ3) is 7.11. The number of hydrogen-bond acceptors (Lipinski definition) is 2. The lowest BCUT2D eigenvalue weighted by Gasteiger charge is -2.24. The molecule has 2 atom stereocenters. The van der Waals surface area contributed by atoms with E-state index in [0.29, 0.717) is 5.57 Å². The van der Waals surface area contributed by atoms with Crippen LogP contribution in [0.3, 0.4) is 0 Å². The number of amides is 2. The van der Waals surface area contributed by atoms with E-state index in [1.165, 1.54) is 32.4 Å². The minimum atomic E-state index is -0.503. The lowest BCUT2D eigenvalue weighted by Crippen LogP contribution is -2.38. The third-order valence-electron chi connectivity index (χ3n) is 5.51. The van der Waals surface area contributed by atoms with Gasteiger partial charge in [0.1, 0.15) is 11.6 Å². The van der Waals surface area contributed by atoms with Gasteiger partial charge in [-0.1, -0.05) is 49.5 Å². The first-order valence-electron chi connectivity index (χ1n) is 11.0. The second-order valence-electron chi connectivity index (χ2n) is 7.72. The van der Waals surface area contributed by atoms with Crippen molar-refractivity contribution in [1.82, 2.24) is 15.1 Å². The number of nitrogens with zero attached hydrogens (tertiary/aromatic N) is 2. The van der Waals surface area contributed by atoms with Crippen LogP contribution < -0.4 is 5.32 Å². The fourth-order valence-electron chi connectivity index (χ4n) is 3.85. The van der Waals surface area contributed by atoms with Gasteiger partial charge in [-0.25, -0.2) is 13.6 Å². The smallest absolute Gasteiger partial charge is 0.318 e. The minimum absolute atomic E-state index is 0.192. The summed E-state index contributed by atoms with van der Waals surface area (Å²) >= 11 is 0. The Hall–Kier alpha value is -2.30. The number of urea groups is 1. The van der Waals surface area contributed by atoms with Crippen LogP contribution >= 0.6 is 9.24 Å². The maximum absolute atomic E-state index is 14.0. The lowest BCUT2D eigenvalue weighted by atomic mass is 10.0. The van der Waals surface area contributed by atoms with Crippen molar-refractivity contribution < 1.29 is 13.6 Å². The van der Waals surface area contributed by atoms with E-state index < -0.39 is 11.6 Å². The quantitative estimate of drug-likeness (QED) is 0.613. The van der Waals surface area contributed by atoms with Crippen LogP contribution in [-0.4, -0.2) is 56.2 Å². The zero-order valence-corrected chi connectivity index (χ0v) is 20.3. The number of carbonyl (C=O) groups excluding carboxylic acids is 1. The van der Waals surface area contributed by atoms with Crippen molar-refractivity contribution in [3.8, 4) is 0 Å². The van der Waals surface area contributed by atoms with E-state index in [1.807, 2.05) is 43.1 Å². The van der Waals surface area contributed by atoms with Crippen molar-refractivity contribution in [3.05, 3.63) is 77.4 Å². The molecule has 4 rings (SSSR count). The molecule has 2 heterocycles. The first kappa shape index (κ1) is 26.0. The number of piperidine rings is 1. The number of benzene rings is 2. The summed E-state index contributed by atoms with van der Waals surface area (Å²) in [6, 6.07) is 12.2. The molecule has 2 aromatic carbocycles. The number of halogens is 2. The molecule has 2 aromatic rings. The highest BCUT2D eigenvalue weighted by atomic mass is 31.0. The number of hydrogen-bond donors (Lipinski definition) is 1. The number of likely N-dealkylation sites (tertiary alicyclic amines) is 1. The van der Waals surface area contributed by atoms with Crippen LogP contribution in [0.2, 0.25) is 0 Å². The number of nitrogens with one attached hydrogen (secondary N) is 1. The summed E-state index contributed by atoms with van der Waals surface area (Å²) in [5, 5.41) is 2.59. The molecule has 2 aliphatic heterocycles.